The Hall–Kier alpha value is -3.52. The average molecular weight is 380 g/mol. The first-order valence-corrected chi connectivity index (χ1v) is 9.94. The van der Waals surface area contributed by atoms with Crippen molar-refractivity contribution in [1.29, 1.82) is 0 Å². The lowest BCUT2D eigenvalue weighted by molar-refractivity contribution is 0.475. The number of aromatic hydroxyl groups is 2. The molecule has 0 aliphatic heterocycles. The minimum Gasteiger partial charge on any atom is -0.508 e. The molecule has 0 aliphatic carbocycles. The van der Waals surface area contributed by atoms with E-state index in [4.69, 9.17) is 0 Å². The molecule has 0 aromatic heterocycles. The maximum atomic E-state index is 10.2. The van der Waals surface area contributed by atoms with Crippen molar-refractivity contribution in [2.24, 2.45) is 0 Å². The van der Waals surface area contributed by atoms with Crippen molar-refractivity contribution in [3.05, 3.63) is 108 Å². The fraction of sp³-hybridized carbons (Fsp3) is 0.111. The average Bonchev–Trinajstić information content (AvgIpc) is 2.77. The molecule has 0 amide bonds. The van der Waals surface area contributed by atoms with Crippen molar-refractivity contribution < 1.29 is 10.2 Å². The van der Waals surface area contributed by atoms with E-state index in [1.54, 1.807) is 12.1 Å². The summed E-state index contributed by atoms with van der Waals surface area (Å²) in [7, 11) is 0. The third-order valence-electron chi connectivity index (χ3n) is 5.40. The monoisotopic (exact) mass is 380 g/mol. The molecule has 0 saturated heterocycles. The second kappa shape index (κ2) is 8.24. The fourth-order valence-corrected chi connectivity index (χ4v) is 4.04. The Balaban J connectivity index is 1.91. The van der Waals surface area contributed by atoms with E-state index in [-0.39, 0.29) is 17.4 Å². The summed E-state index contributed by atoms with van der Waals surface area (Å²) in [6.45, 7) is 2.17. The van der Waals surface area contributed by atoms with Crippen LogP contribution in [0.4, 0.5) is 0 Å². The van der Waals surface area contributed by atoms with Crippen LogP contribution in [0.5, 0.6) is 11.5 Å². The van der Waals surface area contributed by atoms with Gasteiger partial charge in [0.05, 0.1) is 0 Å². The Morgan fingerprint density at radius 3 is 1.38 bits per heavy atom. The second-order valence-corrected chi connectivity index (χ2v) is 7.24. The largest absolute Gasteiger partial charge is 0.508 e. The lowest BCUT2D eigenvalue weighted by Crippen LogP contribution is -2.04. The first-order valence-electron chi connectivity index (χ1n) is 9.94. The standard InChI is InChI=1S/C27H24O2/c1-2-23(24-15-13-21(28)17-26(24)19-9-5-3-6-10-19)25-16-14-22(29)18-27(25)20-11-7-4-8-12-20/h3-18,23,28-29H,2H2,1H3. The molecule has 0 aliphatic rings. The smallest absolute Gasteiger partial charge is 0.116 e. The van der Waals surface area contributed by atoms with Crippen molar-refractivity contribution in [2.45, 2.75) is 19.3 Å². The van der Waals surface area contributed by atoms with Crippen LogP contribution >= 0.6 is 0 Å². The molecule has 0 fully saturated rings. The topological polar surface area (TPSA) is 40.5 Å². The highest BCUT2D eigenvalue weighted by atomic mass is 16.3. The highest BCUT2D eigenvalue weighted by Gasteiger charge is 2.21. The highest BCUT2D eigenvalue weighted by molar-refractivity contribution is 5.74. The molecule has 4 rings (SSSR count). The predicted octanol–water partition coefficient (Wildman–Crippen LogP) is 6.97. The van der Waals surface area contributed by atoms with E-state index in [1.807, 2.05) is 60.7 Å². The van der Waals surface area contributed by atoms with Crippen LogP contribution in [0.3, 0.4) is 0 Å². The van der Waals surface area contributed by atoms with E-state index in [2.05, 4.69) is 31.2 Å². The van der Waals surface area contributed by atoms with Crippen LogP contribution in [0, 0.1) is 0 Å². The lowest BCUT2D eigenvalue weighted by atomic mass is 9.81. The molecule has 2 heteroatoms. The van der Waals surface area contributed by atoms with Gasteiger partial charge in [-0.25, -0.2) is 0 Å². The molecule has 0 bridgehead atoms. The molecule has 144 valence electrons. The van der Waals surface area contributed by atoms with Crippen molar-refractivity contribution in [3.8, 4) is 33.8 Å². The number of phenolic OH excluding ortho intramolecular Hbond substituents is 2. The molecule has 0 radical (unpaired) electrons. The van der Waals surface area contributed by atoms with Gasteiger partial charge in [0, 0.05) is 5.92 Å². The van der Waals surface area contributed by atoms with Crippen LogP contribution in [0.15, 0.2) is 97.1 Å². The predicted molar refractivity (Wildman–Crippen MR) is 119 cm³/mol. The summed E-state index contributed by atoms with van der Waals surface area (Å²) in [5.74, 6) is 0.648. The SMILES string of the molecule is CCC(c1ccc(O)cc1-c1ccccc1)c1ccc(O)cc1-c1ccccc1. The van der Waals surface area contributed by atoms with E-state index in [9.17, 15) is 10.2 Å². The zero-order chi connectivity index (χ0) is 20.2. The molecule has 0 heterocycles. The fourth-order valence-electron chi connectivity index (χ4n) is 4.04. The van der Waals surface area contributed by atoms with Crippen LogP contribution < -0.4 is 0 Å². The van der Waals surface area contributed by atoms with E-state index >= 15 is 0 Å². The van der Waals surface area contributed by atoms with Gasteiger partial charge < -0.3 is 10.2 Å². The summed E-state index contributed by atoms with van der Waals surface area (Å²) in [5.41, 5.74) is 6.56. The minimum atomic E-state index is 0.126. The molecule has 4 aromatic rings. The van der Waals surface area contributed by atoms with Crippen LogP contribution in [0.2, 0.25) is 0 Å². The van der Waals surface area contributed by atoms with Crippen molar-refractivity contribution in [2.75, 3.05) is 0 Å². The van der Waals surface area contributed by atoms with Gasteiger partial charge >= 0.3 is 0 Å². The normalized spacial score (nSPS) is 11.0. The van der Waals surface area contributed by atoms with Crippen LogP contribution in [-0.4, -0.2) is 10.2 Å². The third-order valence-corrected chi connectivity index (χ3v) is 5.40. The van der Waals surface area contributed by atoms with Gasteiger partial charge in [0.25, 0.3) is 0 Å². The van der Waals surface area contributed by atoms with Gasteiger partial charge in [-0.05, 0) is 64.1 Å². The van der Waals surface area contributed by atoms with Crippen LogP contribution in [-0.2, 0) is 0 Å². The maximum Gasteiger partial charge on any atom is 0.116 e. The molecule has 0 atom stereocenters. The van der Waals surface area contributed by atoms with E-state index in [0.29, 0.717) is 0 Å². The number of hydrogen-bond acceptors (Lipinski definition) is 2. The van der Waals surface area contributed by atoms with Gasteiger partial charge in [0.2, 0.25) is 0 Å². The quantitative estimate of drug-likeness (QED) is 0.392. The van der Waals surface area contributed by atoms with Gasteiger partial charge in [-0.3, -0.25) is 0 Å². The third kappa shape index (κ3) is 3.88. The Bertz CT molecular complexity index is 1010. The molecule has 29 heavy (non-hydrogen) atoms. The summed E-state index contributed by atoms with van der Waals surface area (Å²) in [6, 6.07) is 31.6. The van der Waals surface area contributed by atoms with Gasteiger partial charge in [-0.2, -0.15) is 0 Å². The van der Waals surface area contributed by atoms with Crippen molar-refractivity contribution in [1.82, 2.24) is 0 Å². The summed E-state index contributed by atoms with van der Waals surface area (Å²) in [5, 5.41) is 20.3. The Morgan fingerprint density at radius 2 is 1.00 bits per heavy atom. The zero-order valence-corrected chi connectivity index (χ0v) is 16.4. The Kier molecular flexibility index (Phi) is 5.35. The summed E-state index contributed by atoms with van der Waals surface area (Å²) in [6.07, 6.45) is 0.898. The van der Waals surface area contributed by atoms with Crippen LogP contribution in [0.25, 0.3) is 22.3 Å². The molecule has 0 spiro atoms. The second-order valence-electron chi connectivity index (χ2n) is 7.24. The molecule has 0 unspecified atom stereocenters. The van der Waals surface area contributed by atoms with Gasteiger partial charge in [0.15, 0.2) is 0 Å². The molecule has 4 aromatic carbocycles. The van der Waals surface area contributed by atoms with Gasteiger partial charge in [-0.15, -0.1) is 0 Å². The number of hydrogen-bond donors (Lipinski definition) is 2. The summed E-state index contributed by atoms with van der Waals surface area (Å²) in [4.78, 5) is 0. The van der Waals surface area contributed by atoms with E-state index in [0.717, 1.165) is 28.7 Å². The zero-order valence-electron chi connectivity index (χ0n) is 16.4. The summed E-state index contributed by atoms with van der Waals surface area (Å²) >= 11 is 0. The number of benzene rings is 4. The van der Waals surface area contributed by atoms with Gasteiger partial charge in [-0.1, -0.05) is 79.7 Å². The highest BCUT2D eigenvalue weighted by Crippen LogP contribution is 2.41. The van der Waals surface area contributed by atoms with Crippen LogP contribution in [0.1, 0.15) is 30.4 Å². The summed E-state index contributed by atoms with van der Waals surface area (Å²) < 4.78 is 0. The maximum absolute atomic E-state index is 10.2. The lowest BCUT2D eigenvalue weighted by Gasteiger charge is -2.23. The van der Waals surface area contributed by atoms with E-state index < -0.39 is 0 Å². The first kappa shape index (κ1) is 18.8. The van der Waals surface area contributed by atoms with Crippen molar-refractivity contribution in [3.63, 3.8) is 0 Å². The molecule has 2 N–H and O–H groups in total. The first-order chi connectivity index (χ1) is 14.2. The van der Waals surface area contributed by atoms with Crippen molar-refractivity contribution >= 4 is 0 Å². The molecule has 0 saturated carbocycles. The Morgan fingerprint density at radius 1 is 0.586 bits per heavy atom. The number of phenols is 2. The Labute approximate surface area is 171 Å². The molecule has 2 nitrogen and oxygen atoms in total. The van der Waals surface area contributed by atoms with E-state index in [1.165, 1.54) is 11.1 Å². The van der Waals surface area contributed by atoms with Gasteiger partial charge in [0.1, 0.15) is 11.5 Å². The molecular formula is C27H24O2. The molecular weight excluding hydrogens is 356 g/mol. The number of rotatable bonds is 5. The minimum absolute atomic E-state index is 0.126.